The van der Waals surface area contributed by atoms with E-state index in [1.165, 1.54) is 16.7 Å². The number of amidine groups is 1. The van der Waals surface area contributed by atoms with Crippen molar-refractivity contribution in [1.29, 1.82) is 0 Å². The van der Waals surface area contributed by atoms with Crippen LogP contribution in [-0.4, -0.2) is 18.3 Å². The number of aryl methyl sites for hydroxylation is 2. The second kappa shape index (κ2) is 3.85. The molecule has 15 heavy (non-hydrogen) atoms. The van der Waals surface area contributed by atoms with Gasteiger partial charge < -0.3 is 5.32 Å². The van der Waals surface area contributed by atoms with Gasteiger partial charge in [0.15, 0.2) is 0 Å². The van der Waals surface area contributed by atoms with Crippen LogP contribution in [0.4, 0.5) is 0 Å². The summed E-state index contributed by atoms with van der Waals surface area (Å²) in [6.45, 7) is 4.46. The fourth-order valence-electron chi connectivity index (χ4n) is 1.61. The lowest BCUT2D eigenvalue weighted by Gasteiger charge is -2.05. The summed E-state index contributed by atoms with van der Waals surface area (Å²) >= 11 is 0. The normalized spacial score (nSPS) is 15.1. The second-order valence-electron chi connectivity index (χ2n) is 3.91. The minimum absolute atomic E-state index is 0.00571. The molecular weight excluding hydrogens is 188 g/mol. The zero-order valence-corrected chi connectivity index (χ0v) is 9.00. The number of carbonyl (C=O) groups excluding carboxylic acids is 1. The molecule has 0 spiro atoms. The van der Waals surface area contributed by atoms with Crippen LogP contribution in [0.3, 0.4) is 0 Å². The Morgan fingerprint density at radius 2 is 2.13 bits per heavy atom. The zero-order valence-electron chi connectivity index (χ0n) is 9.00. The Bertz CT molecular complexity index is 435. The van der Waals surface area contributed by atoms with Gasteiger partial charge in [0.1, 0.15) is 12.4 Å². The maximum Gasteiger partial charge on any atom is 0.247 e. The van der Waals surface area contributed by atoms with Crippen LogP contribution in [0.1, 0.15) is 16.7 Å². The van der Waals surface area contributed by atoms with Gasteiger partial charge >= 0.3 is 0 Å². The van der Waals surface area contributed by atoms with Crippen LogP contribution >= 0.6 is 0 Å². The van der Waals surface area contributed by atoms with E-state index in [-0.39, 0.29) is 12.5 Å². The van der Waals surface area contributed by atoms with Crippen LogP contribution in [0, 0.1) is 13.8 Å². The molecule has 3 heteroatoms. The molecule has 0 saturated heterocycles. The third-order valence-electron chi connectivity index (χ3n) is 2.64. The van der Waals surface area contributed by atoms with Crippen LogP contribution in [0.2, 0.25) is 0 Å². The molecule has 2 rings (SSSR count). The van der Waals surface area contributed by atoms with Crippen LogP contribution < -0.4 is 5.32 Å². The standard InChI is InChI=1S/C12H14N2O/c1-8-3-4-10(5-9(8)2)6-11-13-7-12(15)14-11/h3-5H,6-7H2,1-2H3,(H,13,14,15). The number of carbonyl (C=O) groups is 1. The van der Waals surface area contributed by atoms with E-state index in [4.69, 9.17) is 0 Å². The topological polar surface area (TPSA) is 41.5 Å². The van der Waals surface area contributed by atoms with Gasteiger partial charge in [0.05, 0.1) is 0 Å². The molecule has 0 saturated carbocycles. The molecule has 78 valence electrons. The van der Waals surface area contributed by atoms with Gasteiger partial charge in [-0.2, -0.15) is 0 Å². The van der Waals surface area contributed by atoms with Gasteiger partial charge in [0.25, 0.3) is 0 Å². The molecule has 1 aliphatic rings. The summed E-state index contributed by atoms with van der Waals surface area (Å²) in [5.41, 5.74) is 3.76. The maximum atomic E-state index is 10.9. The molecule has 0 aliphatic carbocycles. The van der Waals surface area contributed by atoms with E-state index in [0.29, 0.717) is 6.42 Å². The Morgan fingerprint density at radius 1 is 1.33 bits per heavy atom. The lowest BCUT2D eigenvalue weighted by molar-refractivity contribution is -0.117. The number of amides is 1. The first-order valence-corrected chi connectivity index (χ1v) is 5.04. The number of benzene rings is 1. The molecule has 0 bridgehead atoms. The number of rotatable bonds is 2. The first-order valence-electron chi connectivity index (χ1n) is 5.04. The summed E-state index contributed by atoms with van der Waals surface area (Å²) < 4.78 is 0. The maximum absolute atomic E-state index is 10.9. The van der Waals surface area contributed by atoms with E-state index in [9.17, 15) is 4.79 Å². The van der Waals surface area contributed by atoms with Crippen molar-refractivity contribution in [2.45, 2.75) is 20.3 Å². The molecule has 0 aromatic heterocycles. The third kappa shape index (κ3) is 2.24. The van der Waals surface area contributed by atoms with E-state index < -0.39 is 0 Å². The molecular formula is C12H14N2O. The highest BCUT2D eigenvalue weighted by molar-refractivity contribution is 6.04. The fraction of sp³-hybridized carbons (Fsp3) is 0.333. The van der Waals surface area contributed by atoms with Crippen LogP contribution in [0.15, 0.2) is 23.2 Å². The molecule has 0 fully saturated rings. The molecule has 1 N–H and O–H groups in total. The molecule has 3 nitrogen and oxygen atoms in total. The minimum atomic E-state index is -0.00571. The quantitative estimate of drug-likeness (QED) is 0.773. The molecule has 1 heterocycles. The second-order valence-corrected chi connectivity index (χ2v) is 3.91. The van der Waals surface area contributed by atoms with E-state index in [2.05, 4.69) is 42.4 Å². The highest BCUT2D eigenvalue weighted by Crippen LogP contribution is 2.11. The smallest absolute Gasteiger partial charge is 0.247 e. The highest BCUT2D eigenvalue weighted by atomic mass is 16.2. The SMILES string of the molecule is Cc1ccc(CC2=NCC(=O)N2)cc1C. The summed E-state index contributed by atoms with van der Waals surface area (Å²) in [6.07, 6.45) is 0.715. The summed E-state index contributed by atoms with van der Waals surface area (Å²) in [4.78, 5) is 15.1. The van der Waals surface area contributed by atoms with Crippen molar-refractivity contribution in [2.24, 2.45) is 4.99 Å². The summed E-state index contributed by atoms with van der Waals surface area (Å²) in [5.74, 6) is 0.775. The van der Waals surface area contributed by atoms with Crippen molar-refractivity contribution in [3.05, 3.63) is 34.9 Å². The Morgan fingerprint density at radius 3 is 2.73 bits per heavy atom. The van der Waals surface area contributed by atoms with Crippen LogP contribution in [-0.2, 0) is 11.2 Å². The zero-order chi connectivity index (χ0) is 10.8. The van der Waals surface area contributed by atoms with Gasteiger partial charge in [0.2, 0.25) is 5.91 Å². The molecule has 0 unspecified atom stereocenters. The molecule has 1 amide bonds. The number of aliphatic imine (C=N–C) groups is 1. The van der Waals surface area contributed by atoms with Crippen molar-refractivity contribution >= 4 is 11.7 Å². The lowest BCUT2D eigenvalue weighted by atomic mass is 10.0. The summed E-state index contributed by atoms with van der Waals surface area (Å²) in [6, 6.07) is 6.32. The molecule has 1 aromatic carbocycles. The molecule has 0 atom stereocenters. The van der Waals surface area contributed by atoms with Gasteiger partial charge in [-0.1, -0.05) is 18.2 Å². The van der Waals surface area contributed by atoms with Gasteiger partial charge in [0, 0.05) is 6.42 Å². The Balaban J connectivity index is 2.11. The van der Waals surface area contributed by atoms with Crippen molar-refractivity contribution < 1.29 is 4.79 Å². The number of hydrogen-bond donors (Lipinski definition) is 1. The van der Waals surface area contributed by atoms with Crippen molar-refractivity contribution in [3.63, 3.8) is 0 Å². The summed E-state index contributed by atoms with van der Waals surface area (Å²) in [5, 5.41) is 2.75. The first kappa shape index (κ1) is 9.90. The van der Waals surface area contributed by atoms with Crippen molar-refractivity contribution in [3.8, 4) is 0 Å². The van der Waals surface area contributed by atoms with Gasteiger partial charge in [-0.15, -0.1) is 0 Å². The number of nitrogens with zero attached hydrogens (tertiary/aromatic N) is 1. The van der Waals surface area contributed by atoms with E-state index in [1.54, 1.807) is 0 Å². The molecule has 1 aromatic rings. The van der Waals surface area contributed by atoms with E-state index in [1.807, 2.05) is 0 Å². The summed E-state index contributed by atoms with van der Waals surface area (Å²) in [7, 11) is 0. The Labute approximate surface area is 89.2 Å². The van der Waals surface area contributed by atoms with Gasteiger partial charge in [-0.05, 0) is 30.5 Å². The predicted octanol–water partition coefficient (Wildman–Crippen LogP) is 1.37. The number of hydrogen-bond acceptors (Lipinski definition) is 2. The fourth-order valence-corrected chi connectivity index (χ4v) is 1.61. The lowest BCUT2D eigenvalue weighted by Crippen LogP contribution is -2.25. The largest absolute Gasteiger partial charge is 0.313 e. The monoisotopic (exact) mass is 202 g/mol. The average Bonchev–Trinajstić information content (AvgIpc) is 2.58. The van der Waals surface area contributed by atoms with Crippen LogP contribution in [0.5, 0.6) is 0 Å². The van der Waals surface area contributed by atoms with E-state index >= 15 is 0 Å². The minimum Gasteiger partial charge on any atom is -0.313 e. The van der Waals surface area contributed by atoms with Gasteiger partial charge in [-0.3, -0.25) is 9.79 Å². The predicted molar refractivity (Wildman–Crippen MR) is 60.1 cm³/mol. The Hall–Kier alpha value is -1.64. The van der Waals surface area contributed by atoms with E-state index in [0.717, 1.165) is 5.84 Å². The number of nitrogens with one attached hydrogen (secondary N) is 1. The average molecular weight is 202 g/mol. The van der Waals surface area contributed by atoms with Crippen LogP contribution in [0.25, 0.3) is 0 Å². The van der Waals surface area contributed by atoms with Gasteiger partial charge in [-0.25, -0.2) is 0 Å². The molecule has 0 radical (unpaired) electrons. The third-order valence-corrected chi connectivity index (χ3v) is 2.64. The van der Waals surface area contributed by atoms with Crippen molar-refractivity contribution in [2.75, 3.05) is 6.54 Å². The van der Waals surface area contributed by atoms with Crippen molar-refractivity contribution in [1.82, 2.24) is 5.32 Å². The highest BCUT2D eigenvalue weighted by Gasteiger charge is 2.13. The molecule has 1 aliphatic heterocycles. The first-order chi connectivity index (χ1) is 7.15. The Kier molecular flexibility index (Phi) is 2.54.